The fourth-order valence-corrected chi connectivity index (χ4v) is 3.07. The summed E-state index contributed by atoms with van der Waals surface area (Å²) in [6.45, 7) is 1.91. The van der Waals surface area contributed by atoms with Crippen molar-refractivity contribution in [1.82, 2.24) is 5.32 Å². The topological polar surface area (TPSA) is 29.1 Å². The molecule has 1 N–H and O–H groups in total. The number of thioether (sulfide) groups is 1. The third-order valence-corrected chi connectivity index (χ3v) is 4.66. The number of thiophene rings is 1. The van der Waals surface area contributed by atoms with Gasteiger partial charge in [-0.3, -0.25) is 4.79 Å². The summed E-state index contributed by atoms with van der Waals surface area (Å²) in [6, 6.07) is 7.45. The lowest BCUT2D eigenvalue weighted by Crippen LogP contribution is -2.27. The number of hydrogen-bond acceptors (Lipinski definition) is 3. The highest BCUT2D eigenvalue weighted by Crippen LogP contribution is 2.21. The molecule has 1 aromatic carbocycles. The molecule has 1 heterocycles. The van der Waals surface area contributed by atoms with Crippen LogP contribution in [0, 0.1) is 11.6 Å². The molecule has 2 aromatic rings. The van der Waals surface area contributed by atoms with E-state index in [-0.39, 0.29) is 17.7 Å². The third kappa shape index (κ3) is 4.05. The van der Waals surface area contributed by atoms with E-state index in [0.29, 0.717) is 4.90 Å². The molecular formula is C14H13F2NOS2. The van der Waals surface area contributed by atoms with E-state index in [4.69, 9.17) is 0 Å². The molecular weight excluding hydrogens is 300 g/mol. The zero-order valence-corrected chi connectivity index (χ0v) is 12.4. The van der Waals surface area contributed by atoms with Crippen molar-refractivity contribution in [2.75, 3.05) is 5.75 Å². The van der Waals surface area contributed by atoms with E-state index in [2.05, 4.69) is 5.32 Å². The van der Waals surface area contributed by atoms with Crippen LogP contribution >= 0.6 is 23.1 Å². The Morgan fingerprint density at radius 2 is 2.15 bits per heavy atom. The van der Waals surface area contributed by atoms with Gasteiger partial charge in [-0.2, -0.15) is 0 Å². The number of rotatable bonds is 5. The molecule has 1 atom stereocenters. The lowest BCUT2D eigenvalue weighted by atomic mass is 10.3. The van der Waals surface area contributed by atoms with Crippen LogP contribution in [0.5, 0.6) is 0 Å². The number of carbonyl (C=O) groups excluding carboxylic acids is 1. The molecule has 6 heteroatoms. The summed E-state index contributed by atoms with van der Waals surface area (Å²) in [5, 5.41) is 4.81. The minimum Gasteiger partial charge on any atom is -0.348 e. The molecule has 2 rings (SSSR count). The molecule has 0 saturated carbocycles. The lowest BCUT2D eigenvalue weighted by Gasteiger charge is -2.12. The van der Waals surface area contributed by atoms with Crippen molar-refractivity contribution in [1.29, 1.82) is 0 Å². The second-order valence-corrected chi connectivity index (χ2v) is 6.20. The zero-order chi connectivity index (χ0) is 14.5. The summed E-state index contributed by atoms with van der Waals surface area (Å²) in [6.07, 6.45) is 0. The van der Waals surface area contributed by atoms with Crippen LogP contribution in [0.25, 0.3) is 0 Å². The predicted octanol–water partition coefficient (Wildman–Crippen LogP) is 4.00. The van der Waals surface area contributed by atoms with Gasteiger partial charge in [0.15, 0.2) is 11.6 Å². The van der Waals surface area contributed by atoms with E-state index in [1.54, 1.807) is 11.3 Å². The number of hydrogen-bond donors (Lipinski definition) is 1. The summed E-state index contributed by atoms with van der Waals surface area (Å²) in [7, 11) is 0. The fraction of sp³-hybridized carbons (Fsp3) is 0.214. The average molecular weight is 313 g/mol. The molecule has 1 amide bonds. The first-order chi connectivity index (χ1) is 9.56. The normalized spacial score (nSPS) is 12.2. The monoisotopic (exact) mass is 313 g/mol. The Hall–Kier alpha value is -1.40. The van der Waals surface area contributed by atoms with Crippen LogP contribution in [0.3, 0.4) is 0 Å². The summed E-state index contributed by atoms with van der Waals surface area (Å²) in [5.41, 5.74) is 0. The molecule has 0 saturated heterocycles. The second kappa shape index (κ2) is 6.85. The largest absolute Gasteiger partial charge is 0.348 e. The van der Waals surface area contributed by atoms with Crippen molar-refractivity contribution in [3.63, 3.8) is 0 Å². The Morgan fingerprint density at radius 3 is 2.80 bits per heavy atom. The van der Waals surface area contributed by atoms with Crippen molar-refractivity contribution in [2.45, 2.75) is 17.9 Å². The molecule has 1 aromatic heterocycles. The van der Waals surface area contributed by atoms with Crippen LogP contribution < -0.4 is 5.32 Å². The Labute approximate surface area is 124 Å². The maximum Gasteiger partial charge on any atom is 0.230 e. The molecule has 0 bridgehead atoms. The van der Waals surface area contributed by atoms with Gasteiger partial charge in [0, 0.05) is 9.77 Å². The molecule has 0 aliphatic carbocycles. The Kier molecular flexibility index (Phi) is 5.14. The Morgan fingerprint density at radius 1 is 1.35 bits per heavy atom. The van der Waals surface area contributed by atoms with Gasteiger partial charge >= 0.3 is 0 Å². The average Bonchev–Trinajstić information content (AvgIpc) is 2.94. The van der Waals surface area contributed by atoms with E-state index >= 15 is 0 Å². The number of halogens is 2. The minimum atomic E-state index is -0.901. The van der Waals surface area contributed by atoms with E-state index in [9.17, 15) is 13.6 Å². The van der Waals surface area contributed by atoms with Gasteiger partial charge in [0.2, 0.25) is 5.91 Å². The smallest absolute Gasteiger partial charge is 0.230 e. The molecule has 0 spiro atoms. The third-order valence-electron chi connectivity index (χ3n) is 2.61. The highest BCUT2D eigenvalue weighted by Gasteiger charge is 2.11. The van der Waals surface area contributed by atoms with Crippen LogP contribution in [-0.2, 0) is 4.79 Å². The van der Waals surface area contributed by atoms with Crippen LogP contribution in [0.2, 0.25) is 0 Å². The SMILES string of the molecule is C[C@H](NC(=O)CSc1ccc(F)c(F)c1)c1cccs1. The first-order valence-electron chi connectivity index (χ1n) is 5.97. The summed E-state index contributed by atoms with van der Waals surface area (Å²) in [5.74, 6) is -1.76. The van der Waals surface area contributed by atoms with Gasteiger partial charge in [0.25, 0.3) is 0 Å². The summed E-state index contributed by atoms with van der Waals surface area (Å²) >= 11 is 2.75. The summed E-state index contributed by atoms with van der Waals surface area (Å²) in [4.78, 5) is 13.4. The van der Waals surface area contributed by atoms with E-state index in [1.807, 2.05) is 24.4 Å². The molecule has 0 fully saturated rings. The maximum atomic E-state index is 13.0. The highest BCUT2D eigenvalue weighted by atomic mass is 32.2. The summed E-state index contributed by atoms with van der Waals surface area (Å²) < 4.78 is 25.8. The van der Waals surface area contributed by atoms with Crippen molar-refractivity contribution < 1.29 is 13.6 Å². The van der Waals surface area contributed by atoms with E-state index in [0.717, 1.165) is 17.0 Å². The first-order valence-corrected chi connectivity index (χ1v) is 7.83. The van der Waals surface area contributed by atoms with Crippen molar-refractivity contribution in [2.24, 2.45) is 0 Å². The molecule has 0 radical (unpaired) electrons. The Bertz CT molecular complexity index is 587. The van der Waals surface area contributed by atoms with Gasteiger partial charge in [-0.25, -0.2) is 8.78 Å². The highest BCUT2D eigenvalue weighted by molar-refractivity contribution is 8.00. The van der Waals surface area contributed by atoms with Crippen LogP contribution in [0.4, 0.5) is 8.78 Å². The zero-order valence-electron chi connectivity index (χ0n) is 10.7. The molecule has 20 heavy (non-hydrogen) atoms. The molecule has 2 nitrogen and oxygen atoms in total. The van der Waals surface area contributed by atoms with Gasteiger partial charge in [-0.05, 0) is 36.6 Å². The van der Waals surface area contributed by atoms with E-state index in [1.165, 1.54) is 17.8 Å². The Balaban J connectivity index is 1.84. The quantitative estimate of drug-likeness (QED) is 0.846. The van der Waals surface area contributed by atoms with Crippen molar-refractivity contribution in [3.05, 3.63) is 52.2 Å². The lowest BCUT2D eigenvalue weighted by molar-refractivity contribution is -0.119. The first kappa shape index (κ1) is 15.0. The number of nitrogens with one attached hydrogen (secondary N) is 1. The van der Waals surface area contributed by atoms with Gasteiger partial charge in [0.1, 0.15) is 0 Å². The van der Waals surface area contributed by atoms with Gasteiger partial charge < -0.3 is 5.32 Å². The molecule has 0 aliphatic heterocycles. The predicted molar refractivity (Wildman–Crippen MR) is 78.0 cm³/mol. The standard InChI is InChI=1S/C14H13F2NOS2/c1-9(13-3-2-6-19-13)17-14(18)8-20-10-4-5-11(15)12(16)7-10/h2-7,9H,8H2,1H3,(H,17,18)/t9-/m0/s1. The van der Waals surface area contributed by atoms with E-state index < -0.39 is 11.6 Å². The maximum absolute atomic E-state index is 13.0. The number of carbonyl (C=O) groups is 1. The molecule has 106 valence electrons. The van der Waals surface area contributed by atoms with Crippen molar-refractivity contribution in [3.8, 4) is 0 Å². The van der Waals surface area contributed by atoms with Gasteiger partial charge in [-0.15, -0.1) is 23.1 Å². The van der Waals surface area contributed by atoms with Crippen LogP contribution in [0.15, 0.2) is 40.6 Å². The molecule has 0 aliphatic rings. The number of amides is 1. The van der Waals surface area contributed by atoms with Crippen LogP contribution in [-0.4, -0.2) is 11.7 Å². The number of benzene rings is 1. The van der Waals surface area contributed by atoms with Crippen molar-refractivity contribution >= 4 is 29.0 Å². The minimum absolute atomic E-state index is 0.0481. The fourth-order valence-electron chi connectivity index (χ4n) is 1.61. The van der Waals surface area contributed by atoms with Gasteiger partial charge in [0.05, 0.1) is 11.8 Å². The molecule has 0 unspecified atom stereocenters. The van der Waals surface area contributed by atoms with Crippen LogP contribution in [0.1, 0.15) is 17.8 Å². The van der Waals surface area contributed by atoms with Gasteiger partial charge in [-0.1, -0.05) is 6.07 Å². The second-order valence-electron chi connectivity index (χ2n) is 4.17.